The first kappa shape index (κ1) is 43.2. The third-order valence-electron chi connectivity index (χ3n) is 11.4. The van der Waals surface area contributed by atoms with Crippen LogP contribution in [0.4, 0.5) is 9.59 Å². The number of amidine groups is 1. The molecule has 0 aliphatic carbocycles. The maximum atomic E-state index is 13.7. The van der Waals surface area contributed by atoms with E-state index in [1.54, 1.807) is 17.3 Å². The predicted molar refractivity (Wildman–Crippen MR) is 225 cm³/mol. The van der Waals surface area contributed by atoms with Crippen molar-refractivity contribution in [2.24, 2.45) is 33.5 Å². The number of aromatic nitrogens is 2. The summed E-state index contributed by atoms with van der Waals surface area (Å²) in [4.78, 5) is 70.9. The molecule has 308 valence electrons. The lowest BCUT2D eigenvalue weighted by molar-refractivity contribution is -0.136. The Hall–Kier alpha value is -5.97. The van der Waals surface area contributed by atoms with Gasteiger partial charge in [-0.15, -0.1) is 0 Å². The standard InChI is InChI=1S/C44H56N8O6/c1-8-27(3)35(26-48-43(55)57-6)41(53)52-21-11-13-37(52)40-47-25-34(49-40)19-15-30-14-16-33-23-31(17-18-32(33)22-30)29(5)24-46-39(45)36-12-10-20-51(36)42(54)38(28(4)9-2)50-44(56)58-7/h14,16-18,22-28,35-38H,8-13,20-21H2,1-7H3,(H2,45,46)(H,47,49)(H,50,56)/b29-24+,48-26?/t27-,28-,35?,36-,37-,38-/m0/s1. The highest BCUT2D eigenvalue weighted by atomic mass is 16.5. The van der Waals surface area contributed by atoms with Gasteiger partial charge in [0.15, 0.2) is 0 Å². The number of imidazole rings is 1. The summed E-state index contributed by atoms with van der Waals surface area (Å²) in [6, 6.07) is 10.9. The Morgan fingerprint density at radius 3 is 2.40 bits per heavy atom. The molecule has 3 aromatic rings. The van der Waals surface area contributed by atoms with Gasteiger partial charge >= 0.3 is 12.2 Å². The zero-order valence-electron chi connectivity index (χ0n) is 34.6. The van der Waals surface area contributed by atoms with Crippen LogP contribution in [0.1, 0.15) is 102 Å². The number of aromatic amines is 1. The van der Waals surface area contributed by atoms with Crippen molar-refractivity contribution in [1.29, 1.82) is 0 Å². The van der Waals surface area contributed by atoms with Crippen molar-refractivity contribution in [3.8, 4) is 11.8 Å². The zero-order chi connectivity index (χ0) is 41.9. The third kappa shape index (κ3) is 10.3. The summed E-state index contributed by atoms with van der Waals surface area (Å²) < 4.78 is 9.41. The van der Waals surface area contributed by atoms with Crippen LogP contribution in [0, 0.1) is 29.6 Å². The number of carbonyl (C=O) groups is 4. The first-order chi connectivity index (χ1) is 27.9. The molecule has 2 aliphatic rings. The van der Waals surface area contributed by atoms with Gasteiger partial charge in [0.05, 0.1) is 38.4 Å². The fourth-order valence-electron chi connectivity index (χ4n) is 7.40. The maximum absolute atomic E-state index is 13.7. The fraction of sp³-hybridized carbons (Fsp3) is 0.477. The van der Waals surface area contributed by atoms with Gasteiger partial charge in [-0.1, -0.05) is 64.7 Å². The van der Waals surface area contributed by atoms with Crippen LogP contribution in [0.15, 0.2) is 58.8 Å². The number of nitrogens with two attached hydrogens (primary N) is 1. The van der Waals surface area contributed by atoms with Gasteiger partial charge in [0.2, 0.25) is 11.8 Å². The van der Waals surface area contributed by atoms with Crippen LogP contribution in [0.5, 0.6) is 0 Å². The van der Waals surface area contributed by atoms with Gasteiger partial charge in [0.1, 0.15) is 23.4 Å². The van der Waals surface area contributed by atoms with Crippen molar-refractivity contribution in [2.45, 2.75) is 91.3 Å². The van der Waals surface area contributed by atoms with E-state index in [9.17, 15) is 19.2 Å². The number of amides is 4. The minimum atomic E-state index is -0.729. The summed E-state index contributed by atoms with van der Waals surface area (Å²) in [5.41, 5.74) is 9.88. The summed E-state index contributed by atoms with van der Waals surface area (Å²) in [6.07, 6.45) is 8.04. The Balaban J connectivity index is 1.26. The molecule has 1 unspecified atom stereocenters. The summed E-state index contributed by atoms with van der Waals surface area (Å²) in [5.74, 6) is 6.56. The van der Waals surface area contributed by atoms with E-state index >= 15 is 0 Å². The molecule has 0 bridgehead atoms. The minimum Gasteiger partial charge on any atom is -0.453 e. The van der Waals surface area contributed by atoms with E-state index in [2.05, 4.69) is 47.9 Å². The SMILES string of the molecule is CC[C@H](C)C(C=NC(=O)OC)C(=O)N1CCC[C@H]1c1ncc(C#Cc2ccc3cc(/C(C)=C/N=C(N)[C@@H]4CCCN4C(=O)[C@@H](NC(=O)OC)[C@@H](C)CC)ccc3c2)[nH]1. The quantitative estimate of drug-likeness (QED) is 0.104. The van der Waals surface area contributed by atoms with Crippen molar-refractivity contribution < 1.29 is 28.7 Å². The molecule has 1 aromatic heterocycles. The number of ether oxygens (including phenoxy) is 2. The highest BCUT2D eigenvalue weighted by Crippen LogP contribution is 2.33. The van der Waals surface area contributed by atoms with Crippen LogP contribution in [-0.4, -0.2) is 95.2 Å². The van der Waals surface area contributed by atoms with Gasteiger partial charge in [-0.05, 0) is 90.5 Å². The van der Waals surface area contributed by atoms with E-state index < -0.39 is 24.1 Å². The monoisotopic (exact) mass is 792 g/mol. The average Bonchev–Trinajstić information content (AvgIpc) is 4.04. The molecule has 2 fully saturated rings. The molecule has 58 heavy (non-hydrogen) atoms. The molecule has 3 heterocycles. The number of allylic oxidation sites excluding steroid dienone is 1. The van der Waals surface area contributed by atoms with E-state index in [1.807, 2.05) is 69.9 Å². The number of H-pyrrole nitrogens is 1. The minimum absolute atomic E-state index is 0.00537. The lowest BCUT2D eigenvalue weighted by Gasteiger charge is -2.31. The van der Waals surface area contributed by atoms with Crippen LogP contribution in [0.3, 0.4) is 0 Å². The molecule has 14 nitrogen and oxygen atoms in total. The van der Waals surface area contributed by atoms with Crippen molar-refractivity contribution in [1.82, 2.24) is 25.1 Å². The van der Waals surface area contributed by atoms with Crippen molar-refractivity contribution in [2.75, 3.05) is 27.3 Å². The topological polar surface area (TPSA) is 185 Å². The molecule has 14 heteroatoms. The van der Waals surface area contributed by atoms with Crippen LogP contribution in [-0.2, 0) is 19.1 Å². The highest BCUT2D eigenvalue weighted by Gasteiger charge is 2.38. The molecule has 2 aromatic carbocycles. The Bertz CT molecular complexity index is 2130. The number of nitrogens with one attached hydrogen (secondary N) is 2. The number of methoxy groups -OCH3 is 2. The van der Waals surface area contributed by atoms with E-state index in [0.29, 0.717) is 43.3 Å². The van der Waals surface area contributed by atoms with Crippen LogP contribution < -0.4 is 11.1 Å². The second-order valence-corrected chi connectivity index (χ2v) is 15.1. The van der Waals surface area contributed by atoms with Crippen LogP contribution in [0.2, 0.25) is 0 Å². The smallest absolute Gasteiger partial charge is 0.432 e. The number of hydrogen-bond acceptors (Lipinski definition) is 8. The van der Waals surface area contributed by atoms with Gasteiger partial charge in [0, 0.05) is 31.1 Å². The molecule has 0 radical (unpaired) electrons. The van der Waals surface area contributed by atoms with E-state index in [1.165, 1.54) is 20.4 Å². The number of hydrogen-bond donors (Lipinski definition) is 3. The maximum Gasteiger partial charge on any atom is 0.432 e. The lowest BCUT2D eigenvalue weighted by atomic mass is 9.91. The summed E-state index contributed by atoms with van der Waals surface area (Å²) in [5, 5.41) is 4.77. The number of aliphatic imine (C=N–C) groups is 2. The zero-order valence-corrected chi connectivity index (χ0v) is 34.6. The Morgan fingerprint density at radius 1 is 0.966 bits per heavy atom. The first-order valence-electron chi connectivity index (χ1n) is 20.1. The predicted octanol–water partition coefficient (Wildman–Crippen LogP) is 6.61. The van der Waals surface area contributed by atoms with Crippen molar-refractivity contribution in [3.05, 3.63) is 71.4 Å². The summed E-state index contributed by atoms with van der Waals surface area (Å²) in [7, 11) is 2.54. The third-order valence-corrected chi connectivity index (χ3v) is 11.4. The average molecular weight is 793 g/mol. The van der Waals surface area contributed by atoms with Crippen molar-refractivity contribution in [3.63, 3.8) is 0 Å². The number of fused-ring (bicyclic) bond motifs is 1. The molecule has 4 amide bonds. The van der Waals surface area contributed by atoms with Crippen molar-refractivity contribution >= 4 is 52.4 Å². The first-order valence-corrected chi connectivity index (χ1v) is 20.1. The Labute approximate surface area is 340 Å². The molecule has 4 N–H and O–H groups in total. The van der Waals surface area contributed by atoms with Gasteiger partial charge in [0.25, 0.3) is 0 Å². The molecular formula is C44H56N8O6. The second kappa shape index (κ2) is 19.9. The van der Waals surface area contributed by atoms with E-state index in [-0.39, 0.29) is 35.7 Å². The number of likely N-dealkylation sites (tertiary alicyclic amines) is 2. The summed E-state index contributed by atoms with van der Waals surface area (Å²) >= 11 is 0. The number of carbonyl (C=O) groups excluding carboxylic acids is 4. The van der Waals surface area contributed by atoms with Gasteiger partial charge in [-0.2, -0.15) is 4.99 Å². The molecule has 2 saturated heterocycles. The molecular weight excluding hydrogens is 737 g/mol. The molecule has 6 atom stereocenters. The molecule has 0 saturated carbocycles. The second-order valence-electron chi connectivity index (χ2n) is 15.1. The Kier molecular flexibility index (Phi) is 14.8. The summed E-state index contributed by atoms with van der Waals surface area (Å²) in [6.45, 7) is 11.0. The van der Waals surface area contributed by atoms with Gasteiger partial charge in [-0.3, -0.25) is 9.59 Å². The van der Waals surface area contributed by atoms with E-state index in [0.717, 1.165) is 53.2 Å². The van der Waals surface area contributed by atoms with Gasteiger partial charge < -0.3 is 35.3 Å². The normalized spacial score (nSPS) is 19.4. The number of alkyl carbamates (subject to hydrolysis) is 1. The van der Waals surface area contributed by atoms with Gasteiger partial charge in [-0.25, -0.2) is 19.6 Å². The number of benzene rings is 2. The number of nitrogens with zero attached hydrogens (tertiary/aromatic N) is 5. The van der Waals surface area contributed by atoms with Crippen LogP contribution in [0.25, 0.3) is 16.3 Å². The fourth-order valence-corrected chi connectivity index (χ4v) is 7.40. The molecule has 0 spiro atoms. The highest BCUT2D eigenvalue weighted by molar-refractivity contribution is 5.97. The van der Waals surface area contributed by atoms with E-state index in [4.69, 9.17) is 10.5 Å². The molecule has 2 aliphatic heterocycles. The molecule has 5 rings (SSSR count). The van der Waals surface area contributed by atoms with Crippen LogP contribution >= 0.6 is 0 Å². The Morgan fingerprint density at radius 2 is 1.67 bits per heavy atom. The number of rotatable bonds is 12. The largest absolute Gasteiger partial charge is 0.453 e. The lowest BCUT2D eigenvalue weighted by Crippen LogP contribution is -2.55.